The third-order valence-electron chi connectivity index (χ3n) is 0.605. The molecule has 0 rings (SSSR count). The Morgan fingerprint density at radius 2 is 1.09 bits per heavy atom. The minimum Gasteiger partial charge on any atom is -0.481 e. The van der Waals surface area contributed by atoms with Crippen molar-refractivity contribution < 1.29 is 36.9 Å². The van der Waals surface area contributed by atoms with E-state index in [2.05, 4.69) is 0 Å². The minimum atomic E-state index is -0.745. The SMILES string of the molecule is CCC(=O)O.CCC(=O)O.[Fe]. The van der Waals surface area contributed by atoms with Gasteiger partial charge < -0.3 is 10.2 Å². The van der Waals surface area contributed by atoms with Gasteiger partial charge in [0.1, 0.15) is 0 Å². The molecule has 0 bridgehead atoms. The van der Waals surface area contributed by atoms with Gasteiger partial charge in [-0.1, -0.05) is 13.8 Å². The first-order valence-corrected chi connectivity index (χ1v) is 2.98. The number of hydrogen-bond acceptors (Lipinski definition) is 2. The van der Waals surface area contributed by atoms with Crippen molar-refractivity contribution >= 4 is 11.9 Å². The third kappa shape index (κ3) is 44.0. The van der Waals surface area contributed by atoms with E-state index < -0.39 is 11.9 Å². The van der Waals surface area contributed by atoms with Crippen LogP contribution in [-0.4, -0.2) is 22.2 Å². The third-order valence-corrected chi connectivity index (χ3v) is 0.605. The minimum absolute atomic E-state index is 0. The zero-order valence-corrected chi connectivity index (χ0v) is 7.58. The van der Waals surface area contributed by atoms with Crippen LogP contribution in [0.25, 0.3) is 0 Å². The van der Waals surface area contributed by atoms with E-state index in [4.69, 9.17) is 10.2 Å². The fourth-order valence-corrected chi connectivity index (χ4v) is 0. The van der Waals surface area contributed by atoms with E-state index in [0.29, 0.717) is 0 Å². The molecule has 11 heavy (non-hydrogen) atoms. The van der Waals surface area contributed by atoms with Crippen LogP contribution in [0.2, 0.25) is 0 Å². The molecule has 0 aliphatic heterocycles. The van der Waals surface area contributed by atoms with E-state index >= 15 is 0 Å². The van der Waals surface area contributed by atoms with Crippen molar-refractivity contribution in [2.75, 3.05) is 0 Å². The van der Waals surface area contributed by atoms with Crippen molar-refractivity contribution in [1.82, 2.24) is 0 Å². The monoisotopic (exact) mass is 204 g/mol. The molecule has 0 aliphatic carbocycles. The topological polar surface area (TPSA) is 74.6 Å². The van der Waals surface area contributed by atoms with Gasteiger partial charge in [-0.05, 0) is 0 Å². The molecule has 0 amide bonds. The predicted octanol–water partition coefficient (Wildman–Crippen LogP) is 0.960. The molecular weight excluding hydrogens is 192 g/mol. The first-order chi connectivity index (χ1) is 4.54. The molecule has 0 fully saturated rings. The van der Waals surface area contributed by atoms with Crippen LogP contribution in [0.1, 0.15) is 26.7 Å². The van der Waals surface area contributed by atoms with Crippen LogP contribution < -0.4 is 0 Å². The van der Waals surface area contributed by atoms with E-state index in [1.165, 1.54) is 0 Å². The van der Waals surface area contributed by atoms with Crippen LogP contribution in [0, 0.1) is 0 Å². The van der Waals surface area contributed by atoms with Crippen LogP contribution in [0.4, 0.5) is 0 Å². The number of aliphatic carboxylic acids is 2. The van der Waals surface area contributed by atoms with E-state index in [-0.39, 0.29) is 29.9 Å². The van der Waals surface area contributed by atoms with Gasteiger partial charge in [-0.25, -0.2) is 0 Å². The molecule has 4 nitrogen and oxygen atoms in total. The smallest absolute Gasteiger partial charge is 0.303 e. The molecule has 0 aromatic heterocycles. The summed E-state index contributed by atoms with van der Waals surface area (Å²) in [6.07, 6.45) is 0.444. The van der Waals surface area contributed by atoms with Crippen molar-refractivity contribution in [3.63, 3.8) is 0 Å². The average molecular weight is 204 g/mol. The summed E-state index contributed by atoms with van der Waals surface area (Å²) in [5, 5.41) is 15.4. The summed E-state index contributed by atoms with van der Waals surface area (Å²) in [5.41, 5.74) is 0. The van der Waals surface area contributed by atoms with Crippen molar-refractivity contribution in [2.45, 2.75) is 26.7 Å². The maximum absolute atomic E-state index is 9.37. The summed E-state index contributed by atoms with van der Waals surface area (Å²) in [7, 11) is 0. The second-order valence-electron chi connectivity index (χ2n) is 1.49. The number of carboxylic acids is 2. The summed E-state index contributed by atoms with van der Waals surface area (Å²) in [5.74, 6) is -1.49. The Bertz CT molecular complexity index is 99.1. The molecule has 0 aromatic carbocycles. The molecule has 0 aromatic rings. The molecule has 68 valence electrons. The van der Waals surface area contributed by atoms with Gasteiger partial charge in [-0.15, -0.1) is 0 Å². The summed E-state index contributed by atoms with van der Waals surface area (Å²) < 4.78 is 0. The molecule has 0 saturated heterocycles. The fourth-order valence-electron chi connectivity index (χ4n) is 0. The van der Waals surface area contributed by atoms with Crippen LogP contribution >= 0.6 is 0 Å². The van der Waals surface area contributed by atoms with Crippen molar-refractivity contribution in [2.24, 2.45) is 0 Å². The molecule has 0 aliphatic rings. The summed E-state index contributed by atoms with van der Waals surface area (Å²) >= 11 is 0. The van der Waals surface area contributed by atoms with Crippen LogP contribution in [0.15, 0.2) is 0 Å². The number of carboxylic acid groups (broad SMARTS) is 2. The van der Waals surface area contributed by atoms with Gasteiger partial charge in [0.15, 0.2) is 0 Å². The standard InChI is InChI=1S/2C3H6O2.Fe/c2*1-2-3(4)5;/h2*2H2,1H3,(H,4,5);. The first kappa shape index (κ1) is 16.8. The van der Waals surface area contributed by atoms with Crippen molar-refractivity contribution in [1.29, 1.82) is 0 Å². The molecule has 5 heteroatoms. The number of carbonyl (C=O) groups is 2. The van der Waals surface area contributed by atoms with Gasteiger partial charge in [0.25, 0.3) is 0 Å². The van der Waals surface area contributed by atoms with Crippen LogP contribution in [0.5, 0.6) is 0 Å². The summed E-state index contributed by atoms with van der Waals surface area (Å²) in [6, 6.07) is 0. The second kappa shape index (κ2) is 12.2. The molecule has 0 heterocycles. The number of hydrogen-bond donors (Lipinski definition) is 2. The van der Waals surface area contributed by atoms with Gasteiger partial charge in [0.2, 0.25) is 0 Å². The Morgan fingerprint density at radius 1 is 1.00 bits per heavy atom. The van der Waals surface area contributed by atoms with Crippen molar-refractivity contribution in [3.05, 3.63) is 0 Å². The molecule has 0 spiro atoms. The Balaban J connectivity index is -0.000000107. The zero-order chi connectivity index (χ0) is 8.57. The molecule has 0 radical (unpaired) electrons. The molecule has 0 saturated carbocycles. The Kier molecular flexibility index (Phi) is 18.6. The van der Waals surface area contributed by atoms with Gasteiger partial charge in [0.05, 0.1) is 0 Å². The summed E-state index contributed by atoms with van der Waals surface area (Å²) in [4.78, 5) is 18.7. The quantitative estimate of drug-likeness (QED) is 0.656. The Hall–Kier alpha value is -0.541. The van der Waals surface area contributed by atoms with E-state index in [1.54, 1.807) is 13.8 Å². The van der Waals surface area contributed by atoms with E-state index in [0.717, 1.165) is 0 Å². The van der Waals surface area contributed by atoms with Gasteiger partial charge in [-0.2, -0.15) is 0 Å². The second-order valence-corrected chi connectivity index (χ2v) is 1.49. The molecule has 0 unspecified atom stereocenters. The Morgan fingerprint density at radius 3 is 1.09 bits per heavy atom. The molecule has 2 N–H and O–H groups in total. The fraction of sp³-hybridized carbons (Fsp3) is 0.667. The van der Waals surface area contributed by atoms with E-state index in [9.17, 15) is 9.59 Å². The molecular formula is C6H12FeO4. The van der Waals surface area contributed by atoms with Gasteiger partial charge >= 0.3 is 11.9 Å². The van der Waals surface area contributed by atoms with Crippen molar-refractivity contribution in [3.8, 4) is 0 Å². The maximum atomic E-state index is 9.37. The van der Waals surface area contributed by atoms with Crippen LogP contribution in [-0.2, 0) is 26.7 Å². The van der Waals surface area contributed by atoms with E-state index in [1.807, 2.05) is 0 Å². The first-order valence-electron chi connectivity index (χ1n) is 2.98. The van der Waals surface area contributed by atoms with Gasteiger partial charge in [-0.3, -0.25) is 9.59 Å². The van der Waals surface area contributed by atoms with Gasteiger partial charge in [0, 0.05) is 29.9 Å². The maximum Gasteiger partial charge on any atom is 0.303 e. The summed E-state index contributed by atoms with van der Waals surface area (Å²) in [6.45, 7) is 3.20. The Labute approximate surface area is 76.1 Å². The average Bonchev–Trinajstić information content (AvgIpc) is 1.89. The predicted molar refractivity (Wildman–Crippen MR) is 35.9 cm³/mol. The normalized spacial score (nSPS) is 6.73. The largest absolute Gasteiger partial charge is 0.481 e. The van der Waals surface area contributed by atoms with Crippen LogP contribution in [0.3, 0.4) is 0 Å². The number of rotatable bonds is 2. The zero-order valence-electron chi connectivity index (χ0n) is 6.48. The molecule has 0 atom stereocenters.